The van der Waals surface area contributed by atoms with E-state index in [9.17, 15) is 14.9 Å². The minimum atomic E-state index is -0.533. The molecule has 1 heterocycles. The third-order valence-electron chi connectivity index (χ3n) is 3.96. The fourth-order valence-corrected chi connectivity index (χ4v) is 3.02. The lowest BCUT2D eigenvalue weighted by Gasteiger charge is -2.09. The predicted octanol–water partition coefficient (Wildman–Crippen LogP) is 4.66. The number of anilines is 2. The number of nitrogens with zero attached hydrogens (tertiary/aromatic N) is 2. The van der Waals surface area contributed by atoms with Crippen LogP contribution in [0, 0.1) is 10.1 Å². The molecule has 3 aromatic rings. The van der Waals surface area contributed by atoms with Crippen molar-refractivity contribution in [3.63, 3.8) is 0 Å². The second kappa shape index (κ2) is 7.05. The van der Waals surface area contributed by atoms with Crippen LogP contribution >= 0.6 is 11.6 Å². The van der Waals surface area contributed by atoms with Gasteiger partial charge in [-0.25, -0.2) is 4.79 Å². The fourth-order valence-electron chi connectivity index (χ4n) is 2.83. The molecule has 0 unspecified atom stereocenters. The van der Waals surface area contributed by atoms with Crippen molar-refractivity contribution in [1.29, 1.82) is 0 Å². The van der Waals surface area contributed by atoms with Gasteiger partial charge in [0.1, 0.15) is 11.2 Å². The molecule has 0 saturated carbocycles. The molecule has 0 aliphatic rings. The normalized spacial score (nSPS) is 10.7. The second-order valence-electron chi connectivity index (χ2n) is 5.60. The zero-order valence-corrected chi connectivity index (χ0v) is 14.9. The highest BCUT2D eigenvalue weighted by Crippen LogP contribution is 2.35. The predicted molar refractivity (Wildman–Crippen MR) is 100 cm³/mol. The number of benzene rings is 2. The Hall–Kier alpha value is -3.06. The molecular formula is C18H16ClN3O4. The Morgan fingerprint density at radius 2 is 2.08 bits per heavy atom. The van der Waals surface area contributed by atoms with E-state index in [1.165, 1.54) is 10.6 Å². The SMILES string of the molecule is CCOC(=O)c1cc2c(Nc3cccc(Cl)c3)ccc([N+](=O)[O-])c2n1C. The Balaban J connectivity index is 2.18. The number of hydrogen-bond donors (Lipinski definition) is 1. The summed E-state index contributed by atoms with van der Waals surface area (Å²) >= 11 is 6.01. The summed E-state index contributed by atoms with van der Waals surface area (Å²) < 4.78 is 6.53. The van der Waals surface area contributed by atoms with E-state index in [0.29, 0.717) is 21.6 Å². The number of ether oxygens (including phenoxy) is 1. The molecule has 0 aliphatic heterocycles. The Kier molecular flexibility index (Phi) is 4.81. The molecule has 8 heteroatoms. The number of hydrogen-bond acceptors (Lipinski definition) is 5. The average molecular weight is 374 g/mol. The lowest BCUT2D eigenvalue weighted by atomic mass is 10.1. The van der Waals surface area contributed by atoms with Gasteiger partial charge < -0.3 is 14.6 Å². The molecule has 2 aromatic carbocycles. The molecule has 7 nitrogen and oxygen atoms in total. The Morgan fingerprint density at radius 3 is 2.73 bits per heavy atom. The maximum absolute atomic E-state index is 12.2. The van der Waals surface area contributed by atoms with Crippen LogP contribution in [-0.4, -0.2) is 22.1 Å². The number of carbonyl (C=O) groups excluding carboxylic acids is 1. The van der Waals surface area contributed by atoms with Crippen LogP contribution in [0.2, 0.25) is 5.02 Å². The average Bonchev–Trinajstić information content (AvgIpc) is 2.93. The lowest BCUT2D eigenvalue weighted by molar-refractivity contribution is -0.383. The molecule has 26 heavy (non-hydrogen) atoms. The van der Waals surface area contributed by atoms with Crippen molar-refractivity contribution in [3.05, 3.63) is 63.3 Å². The summed E-state index contributed by atoms with van der Waals surface area (Å²) in [5.41, 5.74) is 1.85. The van der Waals surface area contributed by atoms with Gasteiger partial charge in [-0.1, -0.05) is 17.7 Å². The number of nitrogens with one attached hydrogen (secondary N) is 1. The summed E-state index contributed by atoms with van der Waals surface area (Å²) in [6.07, 6.45) is 0. The maximum Gasteiger partial charge on any atom is 0.354 e. The van der Waals surface area contributed by atoms with Gasteiger partial charge in [-0.15, -0.1) is 0 Å². The van der Waals surface area contributed by atoms with Crippen LogP contribution in [0.5, 0.6) is 0 Å². The third-order valence-corrected chi connectivity index (χ3v) is 4.19. The number of rotatable bonds is 5. The number of nitro groups is 1. The molecule has 0 spiro atoms. The number of aromatic nitrogens is 1. The van der Waals surface area contributed by atoms with E-state index in [4.69, 9.17) is 16.3 Å². The first-order valence-electron chi connectivity index (χ1n) is 7.89. The molecule has 0 saturated heterocycles. The zero-order valence-electron chi connectivity index (χ0n) is 14.2. The van der Waals surface area contributed by atoms with Gasteiger partial charge in [0, 0.05) is 34.9 Å². The smallest absolute Gasteiger partial charge is 0.354 e. The Labute approximate surface area is 154 Å². The molecule has 0 amide bonds. The van der Waals surface area contributed by atoms with Crippen LogP contribution < -0.4 is 5.32 Å². The van der Waals surface area contributed by atoms with Crippen molar-refractivity contribution in [1.82, 2.24) is 4.57 Å². The number of nitro benzene ring substituents is 1. The van der Waals surface area contributed by atoms with Gasteiger partial charge in [0.2, 0.25) is 0 Å². The first-order valence-corrected chi connectivity index (χ1v) is 8.26. The molecule has 134 valence electrons. The molecular weight excluding hydrogens is 358 g/mol. The van der Waals surface area contributed by atoms with Gasteiger partial charge in [0.05, 0.1) is 11.5 Å². The van der Waals surface area contributed by atoms with Crippen LogP contribution in [0.15, 0.2) is 42.5 Å². The fraction of sp³-hybridized carbons (Fsp3) is 0.167. The van der Waals surface area contributed by atoms with Crippen molar-refractivity contribution in [2.75, 3.05) is 11.9 Å². The summed E-state index contributed by atoms with van der Waals surface area (Å²) in [4.78, 5) is 23.1. The van der Waals surface area contributed by atoms with E-state index in [-0.39, 0.29) is 18.0 Å². The minimum absolute atomic E-state index is 0.0882. The molecule has 0 bridgehead atoms. The second-order valence-corrected chi connectivity index (χ2v) is 6.03. The van der Waals surface area contributed by atoms with E-state index in [1.54, 1.807) is 44.3 Å². The van der Waals surface area contributed by atoms with Crippen molar-refractivity contribution in [2.24, 2.45) is 7.05 Å². The first-order chi connectivity index (χ1) is 12.4. The summed E-state index contributed by atoms with van der Waals surface area (Å²) in [5, 5.41) is 15.7. The van der Waals surface area contributed by atoms with Gasteiger partial charge >= 0.3 is 5.97 Å². The van der Waals surface area contributed by atoms with E-state index >= 15 is 0 Å². The minimum Gasteiger partial charge on any atom is -0.461 e. The van der Waals surface area contributed by atoms with E-state index in [1.807, 2.05) is 6.07 Å². The van der Waals surface area contributed by atoms with Crippen LogP contribution in [-0.2, 0) is 11.8 Å². The monoisotopic (exact) mass is 373 g/mol. The highest BCUT2D eigenvalue weighted by molar-refractivity contribution is 6.30. The molecule has 1 N–H and O–H groups in total. The highest BCUT2D eigenvalue weighted by Gasteiger charge is 2.23. The first kappa shape index (κ1) is 17.8. The molecule has 0 atom stereocenters. The Morgan fingerprint density at radius 1 is 1.31 bits per heavy atom. The van der Waals surface area contributed by atoms with E-state index in [2.05, 4.69) is 5.32 Å². The quantitative estimate of drug-likeness (QED) is 0.399. The third kappa shape index (κ3) is 3.21. The van der Waals surface area contributed by atoms with Gasteiger partial charge in [0.25, 0.3) is 5.69 Å². The van der Waals surface area contributed by atoms with Crippen LogP contribution in [0.3, 0.4) is 0 Å². The topological polar surface area (TPSA) is 86.4 Å². The number of non-ortho nitro benzene ring substituents is 1. The van der Waals surface area contributed by atoms with E-state index < -0.39 is 10.9 Å². The van der Waals surface area contributed by atoms with E-state index in [0.717, 1.165) is 5.69 Å². The van der Waals surface area contributed by atoms with Gasteiger partial charge in [-0.05, 0) is 37.3 Å². The van der Waals surface area contributed by atoms with Gasteiger partial charge in [-0.2, -0.15) is 0 Å². The Bertz CT molecular complexity index is 1010. The largest absolute Gasteiger partial charge is 0.461 e. The number of fused-ring (bicyclic) bond motifs is 1. The van der Waals surface area contributed by atoms with Crippen molar-refractivity contribution >= 4 is 45.5 Å². The van der Waals surface area contributed by atoms with Crippen molar-refractivity contribution < 1.29 is 14.5 Å². The standard InChI is InChI=1S/C18H16ClN3O4/c1-3-26-18(23)16-10-13-14(20-12-6-4-5-11(19)9-12)7-8-15(22(24)25)17(13)21(16)2/h4-10,20H,3H2,1-2H3. The molecule has 0 aliphatic carbocycles. The van der Waals surface area contributed by atoms with Crippen LogP contribution in [0.1, 0.15) is 17.4 Å². The van der Waals surface area contributed by atoms with Crippen LogP contribution in [0.25, 0.3) is 10.9 Å². The number of aryl methyl sites for hydroxylation is 1. The summed E-state index contributed by atoms with van der Waals surface area (Å²) in [7, 11) is 1.60. The summed E-state index contributed by atoms with van der Waals surface area (Å²) in [6, 6.07) is 11.7. The molecule has 3 rings (SSSR count). The number of halogens is 1. The number of carbonyl (C=O) groups is 1. The molecule has 1 aromatic heterocycles. The summed E-state index contributed by atoms with van der Waals surface area (Å²) in [5.74, 6) is -0.533. The highest BCUT2D eigenvalue weighted by atomic mass is 35.5. The zero-order chi connectivity index (χ0) is 18.8. The number of esters is 1. The van der Waals surface area contributed by atoms with Gasteiger partial charge in [-0.3, -0.25) is 10.1 Å². The van der Waals surface area contributed by atoms with Gasteiger partial charge in [0.15, 0.2) is 0 Å². The summed E-state index contributed by atoms with van der Waals surface area (Å²) in [6.45, 7) is 1.92. The lowest BCUT2D eigenvalue weighted by Crippen LogP contribution is -2.09. The van der Waals surface area contributed by atoms with Crippen LogP contribution in [0.4, 0.5) is 17.1 Å². The molecule has 0 fully saturated rings. The van der Waals surface area contributed by atoms with Crippen molar-refractivity contribution in [2.45, 2.75) is 6.92 Å². The van der Waals surface area contributed by atoms with Crippen molar-refractivity contribution in [3.8, 4) is 0 Å². The maximum atomic E-state index is 12.2. The molecule has 0 radical (unpaired) electrons.